The van der Waals surface area contributed by atoms with E-state index >= 15 is 0 Å². The van der Waals surface area contributed by atoms with Gasteiger partial charge in [0.2, 0.25) is 0 Å². The highest BCUT2D eigenvalue weighted by molar-refractivity contribution is 6.03. The molecule has 1 heterocycles. The van der Waals surface area contributed by atoms with Gasteiger partial charge in [-0.1, -0.05) is 121 Å². The lowest BCUT2D eigenvalue weighted by Crippen LogP contribution is -2.48. The van der Waals surface area contributed by atoms with Gasteiger partial charge in [-0.05, 0) is 106 Å². The first-order chi connectivity index (χ1) is 24.6. The second kappa shape index (κ2) is 11.5. The van der Waals surface area contributed by atoms with Crippen LogP contribution in [0.5, 0.6) is 0 Å². The van der Waals surface area contributed by atoms with Crippen molar-refractivity contribution in [2.45, 2.75) is 43.9 Å². The quantitative estimate of drug-likeness (QED) is 0.175. The van der Waals surface area contributed by atoms with Crippen LogP contribution in [0, 0.1) is 24.3 Å². The fraction of sp³-hybridized carbons (Fsp3) is 0.217. The fourth-order valence-electron chi connectivity index (χ4n) is 10.1. The zero-order chi connectivity index (χ0) is 33.2. The van der Waals surface area contributed by atoms with Gasteiger partial charge in [0.05, 0.1) is 6.57 Å². The second-order valence-corrected chi connectivity index (χ2v) is 15.0. The summed E-state index contributed by atoms with van der Waals surface area (Å²) in [6.45, 7) is 7.71. The second-order valence-electron chi connectivity index (χ2n) is 15.0. The summed E-state index contributed by atoms with van der Waals surface area (Å²) < 4.78 is 0. The SMILES string of the molecule is [C-]#[N+]c1cccc2c(-c3nc(-c4ccccc4)nc(-c4cccc5cc(-c6ccc(C78CC9CC(CC(C9)C7)C8)cc6)ccc45)n3)cccc12. The Labute approximate surface area is 292 Å². The molecule has 50 heavy (non-hydrogen) atoms. The van der Waals surface area contributed by atoms with E-state index in [4.69, 9.17) is 21.5 Å². The molecule has 1 aromatic heterocycles. The van der Waals surface area contributed by atoms with E-state index in [0.717, 1.165) is 56.0 Å². The normalized spacial score (nSPS) is 22.2. The molecule has 0 spiro atoms. The maximum absolute atomic E-state index is 7.71. The van der Waals surface area contributed by atoms with Crippen molar-refractivity contribution in [3.63, 3.8) is 0 Å². The predicted molar refractivity (Wildman–Crippen MR) is 203 cm³/mol. The molecule has 4 fully saturated rings. The number of hydrogen-bond acceptors (Lipinski definition) is 3. The minimum absolute atomic E-state index is 0.416. The summed E-state index contributed by atoms with van der Waals surface area (Å²) in [5, 5.41) is 4.10. The van der Waals surface area contributed by atoms with Gasteiger partial charge in [0.15, 0.2) is 23.2 Å². The minimum Gasteiger partial charge on any atom is -0.238 e. The monoisotopic (exact) mass is 644 g/mol. The zero-order valence-corrected chi connectivity index (χ0v) is 27.9. The van der Waals surface area contributed by atoms with Crippen molar-refractivity contribution in [3.05, 3.63) is 144 Å². The molecule has 4 nitrogen and oxygen atoms in total. The Bertz CT molecular complexity index is 2440. The number of rotatable bonds is 5. The van der Waals surface area contributed by atoms with Crippen molar-refractivity contribution < 1.29 is 0 Å². The number of fused-ring (bicyclic) bond motifs is 2. The van der Waals surface area contributed by atoms with E-state index in [1.165, 1.54) is 49.7 Å². The zero-order valence-electron chi connectivity index (χ0n) is 27.9. The van der Waals surface area contributed by atoms with Crippen molar-refractivity contribution in [1.29, 1.82) is 0 Å². The van der Waals surface area contributed by atoms with Crippen molar-refractivity contribution in [1.82, 2.24) is 15.0 Å². The summed E-state index contributed by atoms with van der Waals surface area (Å²) in [4.78, 5) is 19.0. The molecule has 4 aliphatic carbocycles. The van der Waals surface area contributed by atoms with Crippen molar-refractivity contribution in [2.75, 3.05) is 0 Å². The van der Waals surface area contributed by atoms with Gasteiger partial charge in [-0.2, -0.15) is 0 Å². The standard InChI is InChI=1S/C46H36N4/c1-47-42-15-7-11-38-39(42)12-6-14-41(38)45-49-43(33-8-3-2-4-9-33)48-44(50-45)40-13-5-10-35-25-34(18-21-37(35)40)32-16-19-36(20-17-32)46-26-29-22-30(27-46)24-31(23-29)28-46/h2-21,25,29-31H,22-24,26-28H2. The van der Waals surface area contributed by atoms with Crippen LogP contribution in [-0.4, -0.2) is 15.0 Å². The Morgan fingerprint density at radius 3 is 1.80 bits per heavy atom. The number of nitrogens with zero attached hydrogens (tertiary/aromatic N) is 4. The first kappa shape index (κ1) is 29.3. The third kappa shape index (κ3) is 4.83. The third-order valence-electron chi connectivity index (χ3n) is 11.9. The lowest BCUT2D eigenvalue weighted by atomic mass is 9.48. The largest absolute Gasteiger partial charge is 0.238 e. The molecule has 0 unspecified atom stereocenters. The molecule has 0 amide bonds. The highest BCUT2D eigenvalue weighted by Crippen LogP contribution is 2.60. The average Bonchev–Trinajstić information content (AvgIpc) is 3.16. The summed E-state index contributed by atoms with van der Waals surface area (Å²) in [5.41, 5.74) is 7.86. The van der Waals surface area contributed by atoms with Gasteiger partial charge in [0.1, 0.15) is 0 Å². The molecule has 7 aromatic rings. The van der Waals surface area contributed by atoms with Crippen LogP contribution in [0.2, 0.25) is 0 Å². The number of hydrogen-bond donors (Lipinski definition) is 0. The van der Waals surface area contributed by atoms with E-state index < -0.39 is 0 Å². The molecule has 4 saturated carbocycles. The Morgan fingerprint density at radius 2 is 1.10 bits per heavy atom. The maximum Gasteiger partial charge on any atom is 0.194 e. The Balaban J connectivity index is 1.05. The molecule has 0 atom stereocenters. The number of aromatic nitrogens is 3. The van der Waals surface area contributed by atoms with Crippen LogP contribution in [0.1, 0.15) is 44.1 Å². The van der Waals surface area contributed by atoms with Gasteiger partial charge in [0, 0.05) is 16.7 Å². The highest BCUT2D eigenvalue weighted by atomic mass is 15.0. The van der Waals surface area contributed by atoms with Crippen LogP contribution in [0.4, 0.5) is 5.69 Å². The van der Waals surface area contributed by atoms with Crippen LogP contribution >= 0.6 is 0 Å². The van der Waals surface area contributed by atoms with Gasteiger partial charge in [-0.3, -0.25) is 0 Å². The fourth-order valence-corrected chi connectivity index (χ4v) is 10.1. The lowest BCUT2D eigenvalue weighted by molar-refractivity contribution is -0.00518. The summed E-state index contributed by atoms with van der Waals surface area (Å²) in [6.07, 6.45) is 8.61. The van der Waals surface area contributed by atoms with Crippen molar-refractivity contribution >= 4 is 27.2 Å². The Kier molecular flexibility index (Phi) is 6.71. The molecule has 4 heteroatoms. The molecule has 0 aliphatic heterocycles. The van der Waals surface area contributed by atoms with E-state index in [-0.39, 0.29) is 0 Å². The molecule has 0 N–H and O–H groups in total. The van der Waals surface area contributed by atoms with Crippen LogP contribution in [0.25, 0.3) is 71.7 Å². The van der Waals surface area contributed by atoms with Gasteiger partial charge >= 0.3 is 0 Å². The number of benzene rings is 6. The molecule has 240 valence electrons. The summed E-state index contributed by atoms with van der Waals surface area (Å²) in [7, 11) is 0. The van der Waals surface area contributed by atoms with E-state index in [9.17, 15) is 0 Å². The molecule has 6 aromatic carbocycles. The Morgan fingerprint density at radius 1 is 0.500 bits per heavy atom. The van der Waals surface area contributed by atoms with E-state index in [0.29, 0.717) is 28.6 Å². The summed E-state index contributed by atoms with van der Waals surface area (Å²) >= 11 is 0. The molecule has 0 radical (unpaired) electrons. The van der Waals surface area contributed by atoms with Crippen molar-refractivity contribution in [3.8, 4) is 45.3 Å². The molecular formula is C46H36N4. The van der Waals surface area contributed by atoms with Crippen molar-refractivity contribution in [2.24, 2.45) is 17.8 Å². The molecule has 11 rings (SSSR count). The van der Waals surface area contributed by atoms with E-state index in [2.05, 4.69) is 65.5 Å². The molecule has 0 saturated heterocycles. The maximum atomic E-state index is 7.71. The third-order valence-corrected chi connectivity index (χ3v) is 11.9. The average molecular weight is 645 g/mol. The van der Waals surface area contributed by atoms with Crippen LogP contribution in [-0.2, 0) is 5.41 Å². The predicted octanol–water partition coefficient (Wildman–Crippen LogP) is 11.9. The molecular weight excluding hydrogens is 609 g/mol. The summed E-state index contributed by atoms with van der Waals surface area (Å²) in [6, 6.07) is 44.7. The van der Waals surface area contributed by atoms with Crippen LogP contribution in [0.15, 0.2) is 127 Å². The van der Waals surface area contributed by atoms with Crippen LogP contribution < -0.4 is 0 Å². The summed E-state index contributed by atoms with van der Waals surface area (Å²) in [5.74, 6) is 4.69. The van der Waals surface area contributed by atoms with E-state index in [1.807, 2.05) is 66.7 Å². The van der Waals surface area contributed by atoms with Gasteiger partial charge < -0.3 is 0 Å². The molecule has 4 bridgehead atoms. The van der Waals surface area contributed by atoms with Gasteiger partial charge in [-0.15, -0.1) is 0 Å². The smallest absolute Gasteiger partial charge is 0.194 e. The van der Waals surface area contributed by atoms with Gasteiger partial charge in [-0.25, -0.2) is 19.8 Å². The topological polar surface area (TPSA) is 43.0 Å². The minimum atomic E-state index is 0.416. The van der Waals surface area contributed by atoms with Crippen LogP contribution in [0.3, 0.4) is 0 Å². The van der Waals surface area contributed by atoms with Gasteiger partial charge in [0.25, 0.3) is 0 Å². The highest BCUT2D eigenvalue weighted by Gasteiger charge is 2.51. The first-order valence-electron chi connectivity index (χ1n) is 18.0. The lowest BCUT2D eigenvalue weighted by Gasteiger charge is -2.57. The Hall–Kier alpha value is -5.66. The molecule has 4 aliphatic rings. The first-order valence-corrected chi connectivity index (χ1v) is 18.0. The van der Waals surface area contributed by atoms with E-state index in [1.54, 1.807) is 5.56 Å².